The van der Waals surface area contributed by atoms with Gasteiger partial charge in [0.15, 0.2) is 0 Å². The van der Waals surface area contributed by atoms with Crippen LogP contribution in [0.4, 0.5) is 0 Å². The number of hydrogen-bond donors (Lipinski definition) is 0. The predicted octanol–water partition coefficient (Wildman–Crippen LogP) is 3.15. The molecule has 0 radical (unpaired) electrons. The molecule has 0 unspecified atom stereocenters. The number of aromatic nitrogens is 2. The molecular weight excluding hydrogens is 304 g/mol. The first kappa shape index (κ1) is 14.0. The van der Waals surface area contributed by atoms with Crippen molar-refractivity contribution < 1.29 is 4.79 Å². The van der Waals surface area contributed by atoms with Crippen molar-refractivity contribution in [2.24, 2.45) is 7.05 Å². The first-order valence-corrected chi connectivity index (χ1v) is 7.02. The Balaban J connectivity index is 2.12. The fraction of sp³-hybridized carbons (Fsp3) is 0.333. The first-order valence-electron chi connectivity index (χ1n) is 6.23. The van der Waals surface area contributed by atoms with E-state index in [0.29, 0.717) is 12.8 Å². The lowest BCUT2D eigenvalue weighted by Gasteiger charge is -2.05. The summed E-state index contributed by atoms with van der Waals surface area (Å²) in [7, 11) is 1.87. The Morgan fingerprint density at radius 2 is 1.95 bits per heavy atom. The second-order valence-corrected chi connectivity index (χ2v) is 5.58. The maximum atomic E-state index is 12.2. The zero-order chi connectivity index (χ0) is 14.0. The van der Waals surface area contributed by atoms with Crippen LogP contribution in [-0.4, -0.2) is 15.6 Å². The zero-order valence-electron chi connectivity index (χ0n) is 11.4. The Kier molecular flexibility index (Phi) is 4.20. The lowest BCUT2D eigenvalue weighted by Crippen LogP contribution is -2.11. The SMILES string of the molecule is Cc1ccccc1CC(=O)Cc1c(Br)c(C)nn1C. The van der Waals surface area contributed by atoms with Gasteiger partial charge in [-0.3, -0.25) is 9.48 Å². The minimum absolute atomic E-state index is 0.206. The average Bonchev–Trinajstić information content (AvgIpc) is 2.59. The molecule has 0 N–H and O–H groups in total. The van der Waals surface area contributed by atoms with Gasteiger partial charge in [0.05, 0.1) is 15.9 Å². The van der Waals surface area contributed by atoms with Crippen molar-refractivity contribution in [3.05, 3.63) is 51.3 Å². The highest BCUT2D eigenvalue weighted by molar-refractivity contribution is 9.10. The van der Waals surface area contributed by atoms with Crippen LogP contribution >= 0.6 is 15.9 Å². The molecule has 0 saturated heterocycles. The Morgan fingerprint density at radius 1 is 1.26 bits per heavy atom. The summed E-state index contributed by atoms with van der Waals surface area (Å²) in [6.07, 6.45) is 0.885. The summed E-state index contributed by atoms with van der Waals surface area (Å²) in [6, 6.07) is 8.01. The maximum absolute atomic E-state index is 12.2. The minimum atomic E-state index is 0.206. The molecule has 0 spiro atoms. The number of nitrogens with zero attached hydrogens (tertiary/aromatic N) is 2. The lowest BCUT2D eigenvalue weighted by atomic mass is 10.0. The van der Waals surface area contributed by atoms with Crippen LogP contribution in [0.1, 0.15) is 22.5 Å². The highest BCUT2D eigenvalue weighted by Gasteiger charge is 2.15. The maximum Gasteiger partial charge on any atom is 0.143 e. The van der Waals surface area contributed by atoms with Crippen molar-refractivity contribution in [1.82, 2.24) is 9.78 Å². The van der Waals surface area contributed by atoms with Gasteiger partial charge >= 0.3 is 0 Å². The molecule has 2 rings (SSSR count). The minimum Gasteiger partial charge on any atom is -0.299 e. The van der Waals surface area contributed by atoms with E-state index in [4.69, 9.17) is 0 Å². The summed E-state index contributed by atoms with van der Waals surface area (Å²) in [4.78, 5) is 12.2. The van der Waals surface area contributed by atoms with Gasteiger partial charge in [0.1, 0.15) is 5.78 Å². The number of carbonyl (C=O) groups excluding carboxylic acids is 1. The molecule has 100 valence electrons. The van der Waals surface area contributed by atoms with Crippen molar-refractivity contribution >= 4 is 21.7 Å². The quantitative estimate of drug-likeness (QED) is 0.867. The second-order valence-electron chi connectivity index (χ2n) is 4.79. The van der Waals surface area contributed by atoms with E-state index in [0.717, 1.165) is 27.0 Å². The third-order valence-electron chi connectivity index (χ3n) is 3.28. The van der Waals surface area contributed by atoms with Crippen molar-refractivity contribution in [2.45, 2.75) is 26.7 Å². The number of carbonyl (C=O) groups is 1. The summed E-state index contributed by atoms with van der Waals surface area (Å²) in [5.74, 6) is 0.206. The van der Waals surface area contributed by atoms with Crippen LogP contribution in [0.5, 0.6) is 0 Å². The van der Waals surface area contributed by atoms with Gasteiger partial charge in [-0.15, -0.1) is 0 Å². The van der Waals surface area contributed by atoms with Gasteiger partial charge in [-0.25, -0.2) is 0 Å². The molecule has 0 aliphatic carbocycles. The molecule has 3 nitrogen and oxygen atoms in total. The van der Waals surface area contributed by atoms with E-state index in [1.807, 2.05) is 45.2 Å². The molecule has 0 aliphatic rings. The molecule has 0 aliphatic heterocycles. The Bertz CT molecular complexity index is 617. The first-order chi connectivity index (χ1) is 8.99. The van der Waals surface area contributed by atoms with Crippen molar-refractivity contribution in [1.29, 1.82) is 0 Å². The average molecular weight is 321 g/mol. The lowest BCUT2D eigenvalue weighted by molar-refractivity contribution is -0.117. The number of rotatable bonds is 4. The highest BCUT2D eigenvalue weighted by atomic mass is 79.9. The van der Waals surface area contributed by atoms with Gasteiger partial charge in [-0.05, 0) is 40.9 Å². The van der Waals surface area contributed by atoms with E-state index in [1.54, 1.807) is 4.68 Å². The van der Waals surface area contributed by atoms with Gasteiger partial charge in [0, 0.05) is 19.9 Å². The number of benzene rings is 1. The molecule has 2 aromatic rings. The summed E-state index contributed by atoms with van der Waals surface area (Å²) in [5, 5.41) is 4.31. The van der Waals surface area contributed by atoms with Crippen molar-refractivity contribution in [3.63, 3.8) is 0 Å². The molecule has 0 bridgehead atoms. The predicted molar refractivity (Wildman–Crippen MR) is 79.2 cm³/mol. The Hall–Kier alpha value is -1.42. The fourth-order valence-corrected chi connectivity index (χ4v) is 2.62. The van der Waals surface area contributed by atoms with E-state index in [9.17, 15) is 4.79 Å². The summed E-state index contributed by atoms with van der Waals surface area (Å²) >= 11 is 3.49. The molecule has 1 heterocycles. The van der Waals surface area contributed by atoms with E-state index in [-0.39, 0.29) is 5.78 Å². The number of ketones is 1. The molecule has 1 aromatic carbocycles. The normalized spacial score (nSPS) is 10.7. The van der Waals surface area contributed by atoms with Crippen LogP contribution in [0, 0.1) is 13.8 Å². The topological polar surface area (TPSA) is 34.9 Å². The van der Waals surface area contributed by atoms with E-state index < -0.39 is 0 Å². The van der Waals surface area contributed by atoms with Gasteiger partial charge in [-0.2, -0.15) is 5.10 Å². The highest BCUT2D eigenvalue weighted by Crippen LogP contribution is 2.21. The summed E-state index contributed by atoms with van der Waals surface area (Å²) in [5.41, 5.74) is 4.12. The Labute approximate surface area is 121 Å². The summed E-state index contributed by atoms with van der Waals surface area (Å²) in [6.45, 7) is 3.96. The largest absolute Gasteiger partial charge is 0.299 e. The molecule has 19 heavy (non-hydrogen) atoms. The van der Waals surface area contributed by atoms with Crippen LogP contribution in [0.25, 0.3) is 0 Å². The van der Waals surface area contributed by atoms with Crippen molar-refractivity contribution in [2.75, 3.05) is 0 Å². The van der Waals surface area contributed by atoms with Crippen LogP contribution in [0.15, 0.2) is 28.7 Å². The van der Waals surface area contributed by atoms with Gasteiger partial charge in [0.25, 0.3) is 0 Å². The number of aryl methyl sites for hydroxylation is 3. The third-order valence-corrected chi connectivity index (χ3v) is 4.31. The third kappa shape index (κ3) is 3.13. The molecule has 0 saturated carbocycles. The van der Waals surface area contributed by atoms with Crippen LogP contribution in [0.2, 0.25) is 0 Å². The van der Waals surface area contributed by atoms with Gasteiger partial charge < -0.3 is 0 Å². The van der Waals surface area contributed by atoms with Crippen LogP contribution in [-0.2, 0) is 24.7 Å². The smallest absolute Gasteiger partial charge is 0.143 e. The van der Waals surface area contributed by atoms with E-state index in [1.165, 1.54) is 0 Å². The van der Waals surface area contributed by atoms with Crippen LogP contribution < -0.4 is 0 Å². The second kappa shape index (κ2) is 5.70. The number of Topliss-reactive ketones (excluding diaryl/α,β-unsaturated/α-hetero) is 1. The van der Waals surface area contributed by atoms with Crippen molar-refractivity contribution in [3.8, 4) is 0 Å². The molecule has 4 heteroatoms. The standard InChI is InChI=1S/C15H17BrN2O/c1-10-6-4-5-7-12(10)8-13(19)9-14-15(16)11(2)17-18(14)3/h4-7H,8-9H2,1-3H3. The Morgan fingerprint density at radius 3 is 2.53 bits per heavy atom. The fourth-order valence-electron chi connectivity index (χ4n) is 2.14. The molecular formula is C15H17BrN2O. The van der Waals surface area contributed by atoms with E-state index in [2.05, 4.69) is 21.0 Å². The molecule has 0 atom stereocenters. The monoisotopic (exact) mass is 320 g/mol. The number of hydrogen-bond acceptors (Lipinski definition) is 2. The van der Waals surface area contributed by atoms with Gasteiger partial charge in [0.2, 0.25) is 0 Å². The number of halogens is 1. The molecule has 0 amide bonds. The van der Waals surface area contributed by atoms with Crippen LogP contribution in [0.3, 0.4) is 0 Å². The zero-order valence-corrected chi connectivity index (χ0v) is 13.0. The molecule has 0 fully saturated rings. The van der Waals surface area contributed by atoms with Gasteiger partial charge in [-0.1, -0.05) is 24.3 Å². The summed E-state index contributed by atoms with van der Waals surface area (Å²) < 4.78 is 2.71. The molecule has 1 aromatic heterocycles. The van der Waals surface area contributed by atoms with E-state index >= 15 is 0 Å².